The molecule has 0 unspecified atom stereocenters. The molecular weight excluding hydrogens is 382 g/mol. The maximum Gasteiger partial charge on any atom is 0.248 e. The van der Waals surface area contributed by atoms with Crippen LogP contribution >= 0.6 is 0 Å². The average Bonchev–Trinajstić information content (AvgIpc) is 3.45. The third-order valence-corrected chi connectivity index (χ3v) is 5.67. The Morgan fingerprint density at radius 1 is 0.548 bits per heavy atom. The summed E-state index contributed by atoms with van der Waals surface area (Å²) in [6.45, 7) is 0.799. The molecule has 4 nitrogen and oxygen atoms in total. The minimum Gasteiger partial charge on any atom is -0.416 e. The van der Waals surface area contributed by atoms with E-state index in [4.69, 9.17) is 4.42 Å². The second kappa shape index (κ2) is 7.26. The smallest absolute Gasteiger partial charge is 0.248 e. The fraction of sp³-hybridized carbons (Fsp3) is 0.0370. The summed E-state index contributed by atoms with van der Waals surface area (Å²) < 4.78 is 8.26. The zero-order valence-electron chi connectivity index (χ0n) is 16.8. The van der Waals surface area contributed by atoms with E-state index in [0.29, 0.717) is 11.8 Å². The molecule has 2 heterocycles. The first kappa shape index (κ1) is 17.7. The van der Waals surface area contributed by atoms with Gasteiger partial charge in [0.1, 0.15) is 0 Å². The van der Waals surface area contributed by atoms with Crippen LogP contribution in [0.3, 0.4) is 0 Å². The number of aromatic nitrogens is 3. The lowest BCUT2D eigenvalue weighted by atomic mass is 10.1. The Hall–Kier alpha value is -4.18. The van der Waals surface area contributed by atoms with E-state index in [1.807, 2.05) is 42.5 Å². The van der Waals surface area contributed by atoms with Gasteiger partial charge in [-0.3, -0.25) is 0 Å². The summed E-state index contributed by atoms with van der Waals surface area (Å²) in [5.74, 6) is 1.06. The summed E-state index contributed by atoms with van der Waals surface area (Å²) in [4.78, 5) is 0. The average molecular weight is 401 g/mol. The summed E-state index contributed by atoms with van der Waals surface area (Å²) in [5.41, 5.74) is 5.55. The Morgan fingerprint density at radius 2 is 1.06 bits per heavy atom. The van der Waals surface area contributed by atoms with Crippen molar-refractivity contribution in [3.8, 4) is 22.9 Å². The van der Waals surface area contributed by atoms with Crippen LogP contribution in [0.2, 0.25) is 0 Å². The van der Waals surface area contributed by atoms with Crippen molar-refractivity contribution >= 4 is 21.8 Å². The molecule has 2 aromatic heterocycles. The molecule has 0 fully saturated rings. The first-order valence-corrected chi connectivity index (χ1v) is 10.3. The second-order valence-electron chi connectivity index (χ2n) is 7.60. The highest BCUT2D eigenvalue weighted by molar-refractivity contribution is 6.08. The van der Waals surface area contributed by atoms with Crippen molar-refractivity contribution in [2.24, 2.45) is 0 Å². The Balaban J connectivity index is 1.33. The number of para-hydroxylation sites is 2. The number of hydrogen-bond acceptors (Lipinski definition) is 3. The lowest BCUT2D eigenvalue weighted by Gasteiger charge is -2.08. The van der Waals surface area contributed by atoms with E-state index in [1.165, 1.54) is 27.4 Å². The van der Waals surface area contributed by atoms with Crippen molar-refractivity contribution in [1.29, 1.82) is 0 Å². The van der Waals surface area contributed by atoms with Crippen molar-refractivity contribution in [3.05, 3.63) is 109 Å². The topological polar surface area (TPSA) is 43.9 Å². The molecule has 6 rings (SSSR count). The summed E-state index contributed by atoms with van der Waals surface area (Å²) in [5, 5.41) is 11.0. The van der Waals surface area contributed by atoms with Gasteiger partial charge < -0.3 is 8.98 Å². The highest BCUT2D eigenvalue weighted by Crippen LogP contribution is 2.30. The predicted molar refractivity (Wildman–Crippen MR) is 124 cm³/mol. The van der Waals surface area contributed by atoms with Crippen LogP contribution in [-0.2, 0) is 6.54 Å². The van der Waals surface area contributed by atoms with Gasteiger partial charge in [0.05, 0.1) is 0 Å². The third-order valence-electron chi connectivity index (χ3n) is 5.67. The van der Waals surface area contributed by atoms with Gasteiger partial charge in [-0.15, -0.1) is 10.2 Å². The van der Waals surface area contributed by atoms with Crippen molar-refractivity contribution in [1.82, 2.24) is 14.8 Å². The van der Waals surface area contributed by atoms with Gasteiger partial charge in [-0.1, -0.05) is 66.7 Å². The van der Waals surface area contributed by atoms with E-state index >= 15 is 0 Å². The molecule has 0 N–H and O–H groups in total. The highest BCUT2D eigenvalue weighted by atomic mass is 16.4. The highest BCUT2D eigenvalue weighted by Gasteiger charge is 2.12. The van der Waals surface area contributed by atoms with Gasteiger partial charge in [0.2, 0.25) is 11.8 Å². The van der Waals surface area contributed by atoms with E-state index in [9.17, 15) is 0 Å². The van der Waals surface area contributed by atoms with Gasteiger partial charge in [0.15, 0.2) is 0 Å². The maximum atomic E-state index is 5.89. The lowest BCUT2D eigenvalue weighted by Crippen LogP contribution is -1.99. The van der Waals surface area contributed by atoms with Crippen LogP contribution in [-0.4, -0.2) is 14.8 Å². The van der Waals surface area contributed by atoms with Crippen LogP contribution < -0.4 is 0 Å². The summed E-state index contributed by atoms with van der Waals surface area (Å²) in [7, 11) is 0. The second-order valence-corrected chi connectivity index (χ2v) is 7.60. The number of rotatable bonds is 4. The molecule has 0 spiro atoms. The van der Waals surface area contributed by atoms with Gasteiger partial charge in [-0.25, -0.2) is 0 Å². The quantitative estimate of drug-likeness (QED) is 0.336. The fourth-order valence-corrected chi connectivity index (χ4v) is 4.15. The molecule has 0 bridgehead atoms. The van der Waals surface area contributed by atoms with E-state index in [2.05, 4.69) is 75.4 Å². The predicted octanol–water partition coefficient (Wildman–Crippen LogP) is 6.56. The Kier molecular flexibility index (Phi) is 4.13. The lowest BCUT2D eigenvalue weighted by molar-refractivity contribution is 0.584. The van der Waals surface area contributed by atoms with E-state index in [1.54, 1.807) is 0 Å². The van der Waals surface area contributed by atoms with E-state index < -0.39 is 0 Å². The number of nitrogens with zero attached hydrogens (tertiary/aromatic N) is 3. The molecule has 4 aromatic carbocycles. The van der Waals surface area contributed by atoms with E-state index in [0.717, 1.165) is 17.7 Å². The van der Waals surface area contributed by atoms with Crippen LogP contribution in [0.15, 0.2) is 108 Å². The zero-order chi connectivity index (χ0) is 20.6. The van der Waals surface area contributed by atoms with Crippen molar-refractivity contribution in [3.63, 3.8) is 0 Å². The minimum absolute atomic E-state index is 0.530. The van der Waals surface area contributed by atoms with Gasteiger partial charge in [-0.05, 0) is 42.0 Å². The van der Waals surface area contributed by atoms with Crippen molar-refractivity contribution < 1.29 is 4.42 Å². The van der Waals surface area contributed by atoms with Crippen LogP contribution in [0, 0.1) is 0 Å². The van der Waals surface area contributed by atoms with Crippen LogP contribution in [0.25, 0.3) is 44.7 Å². The van der Waals surface area contributed by atoms with Gasteiger partial charge in [0.25, 0.3) is 0 Å². The fourth-order valence-electron chi connectivity index (χ4n) is 4.15. The molecule has 0 aliphatic carbocycles. The Bertz CT molecular complexity index is 1440. The third kappa shape index (κ3) is 3.09. The number of hydrogen-bond donors (Lipinski definition) is 0. The molecule has 4 heteroatoms. The number of fused-ring (bicyclic) bond motifs is 3. The molecule has 6 aromatic rings. The summed E-state index contributed by atoms with van der Waals surface area (Å²) in [6, 6.07) is 35.3. The zero-order valence-corrected chi connectivity index (χ0v) is 16.8. The van der Waals surface area contributed by atoms with Gasteiger partial charge in [0, 0.05) is 39.5 Å². The first-order chi connectivity index (χ1) is 15.4. The molecule has 31 heavy (non-hydrogen) atoms. The van der Waals surface area contributed by atoms with Crippen molar-refractivity contribution in [2.75, 3.05) is 0 Å². The maximum absolute atomic E-state index is 5.89. The molecule has 0 aliphatic heterocycles. The van der Waals surface area contributed by atoms with Crippen molar-refractivity contribution in [2.45, 2.75) is 6.54 Å². The SMILES string of the molecule is c1ccc(-c2nnc(-c3ccc(Cn4c5ccccc5c5ccccc54)cc3)o2)cc1. The van der Waals surface area contributed by atoms with Crippen LogP contribution in [0.4, 0.5) is 0 Å². The largest absolute Gasteiger partial charge is 0.416 e. The standard InChI is InChI=1S/C27H19N3O/c1-2-8-20(9-3-1)26-28-29-27(31-26)21-16-14-19(15-17-21)18-30-24-12-6-4-10-22(24)23-11-5-7-13-25(23)30/h1-17H,18H2. The van der Waals surface area contributed by atoms with Gasteiger partial charge in [-0.2, -0.15) is 0 Å². The monoisotopic (exact) mass is 401 g/mol. The van der Waals surface area contributed by atoms with Crippen LogP contribution in [0.1, 0.15) is 5.56 Å². The molecule has 148 valence electrons. The van der Waals surface area contributed by atoms with E-state index in [-0.39, 0.29) is 0 Å². The van der Waals surface area contributed by atoms with Gasteiger partial charge >= 0.3 is 0 Å². The first-order valence-electron chi connectivity index (χ1n) is 10.3. The molecule has 0 saturated heterocycles. The Labute approximate surface area is 179 Å². The normalized spacial score (nSPS) is 11.4. The molecule has 0 aliphatic rings. The molecule has 0 radical (unpaired) electrons. The molecule has 0 amide bonds. The summed E-state index contributed by atoms with van der Waals surface area (Å²) >= 11 is 0. The minimum atomic E-state index is 0.530. The molecule has 0 saturated carbocycles. The molecular formula is C27H19N3O. The number of benzene rings is 4. The molecule has 0 atom stereocenters. The Morgan fingerprint density at radius 3 is 1.68 bits per heavy atom. The summed E-state index contributed by atoms with van der Waals surface area (Å²) in [6.07, 6.45) is 0. The van der Waals surface area contributed by atoms with Crippen LogP contribution in [0.5, 0.6) is 0 Å².